The van der Waals surface area contributed by atoms with Crippen molar-refractivity contribution in [3.8, 4) is 11.5 Å². The summed E-state index contributed by atoms with van der Waals surface area (Å²) in [4.78, 5) is 31.9. The molecule has 1 N–H and O–H groups in total. The molecule has 0 spiro atoms. The molecule has 128 valence electrons. The summed E-state index contributed by atoms with van der Waals surface area (Å²) in [6.07, 6.45) is 5.52. The maximum Gasteiger partial charge on any atom is 0.263 e. The number of carbonyl (C=O) groups is 1. The number of imidazole rings is 1. The van der Waals surface area contributed by atoms with Crippen LogP contribution in [0.5, 0.6) is 0 Å². The van der Waals surface area contributed by atoms with Crippen molar-refractivity contribution in [2.45, 2.75) is 25.7 Å². The Bertz CT molecular complexity index is 860. The van der Waals surface area contributed by atoms with E-state index in [4.69, 9.17) is 0 Å². The van der Waals surface area contributed by atoms with E-state index >= 15 is 0 Å². The number of likely N-dealkylation sites (tertiary alicyclic amines) is 1. The van der Waals surface area contributed by atoms with E-state index in [2.05, 4.69) is 19.9 Å². The molecular weight excluding hydrogens is 334 g/mol. The van der Waals surface area contributed by atoms with E-state index in [1.807, 2.05) is 35.4 Å². The first-order valence-corrected chi connectivity index (χ1v) is 9.27. The van der Waals surface area contributed by atoms with Gasteiger partial charge in [0.05, 0.1) is 4.88 Å². The van der Waals surface area contributed by atoms with Crippen LogP contribution in [0.25, 0.3) is 11.5 Å². The van der Waals surface area contributed by atoms with E-state index in [-0.39, 0.29) is 11.8 Å². The minimum atomic E-state index is 0.122. The van der Waals surface area contributed by atoms with Gasteiger partial charge in [-0.25, -0.2) is 15.0 Å². The molecular formula is C18H19N5OS. The predicted molar refractivity (Wildman–Crippen MR) is 96.5 cm³/mol. The first-order valence-electron chi connectivity index (χ1n) is 8.39. The summed E-state index contributed by atoms with van der Waals surface area (Å²) < 4.78 is 0. The van der Waals surface area contributed by atoms with Gasteiger partial charge in [-0.2, -0.15) is 0 Å². The lowest BCUT2D eigenvalue weighted by Gasteiger charge is -2.32. The van der Waals surface area contributed by atoms with Crippen molar-refractivity contribution in [1.82, 2.24) is 24.8 Å². The summed E-state index contributed by atoms with van der Waals surface area (Å²) in [6.45, 7) is 3.40. The van der Waals surface area contributed by atoms with Crippen LogP contribution >= 0.6 is 11.3 Å². The van der Waals surface area contributed by atoms with Gasteiger partial charge in [0, 0.05) is 37.1 Å². The molecule has 6 nitrogen and oxygen atoms in total. The quantitative estimate of drug-likeness (QED) is 0.784. The second-order valence-corrected chi connectivity index (χ2v) is 7.18. The standard InChI is InChI=1S/C18H19N5OS/c1-12-21-14(10-15(22-12)17-19-6-7-20-17)13-4-2-8-23(11-13)18(24)16-5-3-9-25-16/h3,5-7,9-10,13H,2,4,8,11H2,1H3,(H,19,20)/t13-/m0/s1. The molecule has 1 aliphatic heterocycles. The first kappa shape index (κ1) is 16.0. The fourth-order valence-electron chi connectivity index (χ4n) is 3.29. The Labute approximate surface area is 150 Å². The molecule has 1 fully saturated rings. The van der Waals surface area contributed by atoms with Gasteiger partial charge in [0.2, 0.25) is 0 Å². The molecule has 0 radical (unpaired) electrons. The third kappa shape index (κ3) is 3.32. The number of aromatic nitrogens is 4. The molecule has 7 heteroatoms. The van der Waals surface area contributed by atoms with Gasteiger partial charge in [-0.3, -0.25) is 4.79 Å². The van der Waals surface area contributed by atoms with Crippen LogP contribution in [0.4, 0.5) is 0 Å². The highest BCUT2D eigenvalue weighted by molar-refractivity contribution is 7.12. The number of aryl methyl sites for hydroxylation is 1. The molecule has 3 aromatic heterocycles. The summed E-state index contributed by atoms with van der Waals surface area (Å²) in [6, 6.07) is 5.80. The maximum atomic E-state index is 12.6. The largest absolute Gasteiger partial charge is 0.343 e. The van der Waals surface area contributed by atoms with Crippen LogP contribution < -0.4 is 0 Å². The number of nitrogens with one attached hydrogen (secondary N) is 1. The number of amides is 1. The summed E-state index contributed by atoms with van der Waals surface area (Å²) in [7, 11) is 0. The molecule has 1 amide bonds. The van der Waals surface area contributed by atoms with E-state index in [9.17, 15) is 4.79 Å². The molecule has 4 rings (SSSR count). The van der Waals surface area contributed by atoms with Gasteiger partial charge < -0.3 is 9.88 Å². The number of nitrogens with zero attached hydrogens (tertiary/aromatic N) is 4. The smallest absolute Gasteiger partial charge is 0.263 e. The average molecular weight is 353 g/mol. The fraction of sp³-hybridized carbons (Fsp3) is 0.333. The number of carbonyl (C=O) groups excluding carboxylic acids is 1. The van der Waals surface area contributed by atoms with Crippen molar-refractivity contribution in [2.75, 3.05) is 13.1 Å². The van der Waals surface area contributed by atoms with Crippen LogP contribution in [0.2, 0.25) is 0 Å². The lowest BCUT2D eigenvalue weighted by atomic mass is 9.94. The van der Waals surface area contributed by atoms with E-state index in [0.29, 0.717) is 6.54 Å². The number of H-pyrrole nitrogens is 1. The summed E-state index contributed by atoms with van der Waals surface area (Å²) in [5.41, 5.74) is 1.79. The number of rotatable bonds is 3. The van der Waals surface area contributed by atoms with Crippen molar-refractivity contribution in [3.63, 3.8) is 0 Å². The summed E-state index contributed by atoms with van der Waals surface area (Å²) in [5.74, 6) is 1.82. The van der Waals surface area contributed by atoms with E-state index in [1.165, 1.54) is 11.3 Å². The highest BCUT2D eigenvalue weighted by atomic mass is 32.1. The Morgan fingerprint density at radius 2 is 2.32 bits per heavy atom. The SMILES string of the molecule is Cc1nc(-c2ncc[nH]2)cc([C@H]2CCCN(C(=O)c3cccs3)C2)n1. The predicted octanol–water partition coefficient (Wildman–Crippen LogP) is 3.26. The van der Waals surface area contributed by atoms with Crippen LogP contribution in [-0.4, -0.2) is 43.8 Å². The zero-order valence-electron chi connectivity index (χ0n) is 14.0. The normalized spacial score (nSPS) is 17.6. The molecule has 1 saturated heterocycles. The van der Waals surface area contributed by atoms with Gasteiger partial charge in [0.15, 0.2) is 5.82 Å². The molecule has 0 unspecified atom stereocenters. The zero-order valence-corrected chi connectivity index (χ0v) is 14.8. The van der Waals surface area contributed by atoms with Gasteiger partial charge in [-0.15, -0.1) is 11.3 Å². The van der Waals surface area contributed by atoms with Crippen LogP contribution in [0.1, 0.15) is 39.9 Å². The Morgan fingerprint density at radius 3 is 3.08 bits per heavy atom. The molecule has 0 saturated carbocycles. The third-order valence-electron chi connectivity index (χ3n) is 4.46. The molecule has 3 aromatic rings. The molecule has 0 bridgehead atoms. The summed E-state index contributed by atoms with van der Waals surface area (Å²) >= 11 is 1.50. The average Bonchev–Trinajstić information content (AvgIpc) is 3.34. The first-order chi connectivity index (χ1) is 12.2. The Kier molecular flexibility index (Phi) is 4.31. The highest BCUT2D eigenvalue weighted by Gasteiger charge is 2.27. The molecule has 0 aliphatic carbocycles. The van der Waals surface area contributed by atoms with Gasteiger partial charge in [0.25, 0.3) is 5.91 Å². The molecule has 1 aliphatic rings. The Hall–Kier alpha value is -2.54. The van der Waals surface area contributed by atoms with Gasteiger partial charge in [-0.1, -0.05) is 6.07 Å². The summed E-state index contributed by atoms with van der Waals surface area (Å²) in [5, 5.41) is 1.94. The van der Waals surface area contributed by atoms with Crippen LogP contribution in [0.15, 0.2) is 36.0 Å². The lowest BCUT2D eigenvalue weighted by Crippen LogP contribution is -2.39. The van der Waals surface area contributed by atoms with Gasteiger partial charge in [0.1, 0.15) is 11.5 Å². The van der Waals surface area contributed by atoms with Crippen molar-refractivity contribution >= 4 is 17.2 Å². The lowest BCUT2D eigenvalue weighted by molar-refractivity contribution is 0.0711. The van der Waals surface area contributed by atoms with E-state index in [0.717, 1.165) is 47.3 Å². The van der Waals surface area contributed by atoms with Crippen molar-refractivity contribution < 1.29 is 4.79 Å². The van der Waals surface area contributed by atoms with Gasteiger partial charge in [-0.05, 0) is 37.3 Å². The molecule has 1 atom stereocenters. The van der Waals surface area contributed by atoms with Crippen LogP contribution in [-0.2, 0) is 0 Å². The van der Waals surface area contributed by atoms with Crippen molar-refractivity contribution in [1.29, 1.82) is 0 Å². The highest BCUT2D eigenvalue weighted by Crippen LogP contribution is 2.29. The second kappa shape index (κ2) is 6.76. The monoisotopic (exact) mass is 353 g/mol. The fourth-order valence-corrected chi connectivity index (χ4v) is 3.98. The van der Waals surface area contributed by atoms with Crippen molar-refractivity contribution in [2.24, 2.45) is 0 Å². The van der Waals surface area contributed by atoms with Crippen LogP contribution in [0.3, 0.4) is 0 Å². The van der Waals surface area contributed by atoms with E-state index in [1.54, 1.807) is 12.4 Å². The minimum absolute atomic E-state index is 0.122. The molecule has 4 heterocycles. The van der Waals surface area contributed by atoms with Crippen LogP contribution in [0, 0.1) is 6.92 Å². The molecule has 25 heavy (non-hydrogen) atoms. The van der Waals surface area contributed by atoms with E-state index < -0.39 is 0 Å². The zero-order chi connectivity index (χ0) is 17.2. The second-order valence-electron chi connectivity index (χ2n) is 6.23. The number of hydrogen-bond donors (Lipinski definition) is 1. The minimum Gasteiger partial charge on any atom is -0.343 e. The van der Waals surface area contributed by atoms with Gasteiger partial charge >= 0.3 is 0 Å². The van der Waals surface area contributed by atoms with Crippen molar-refractivity contribution in [3.05, 3.63) is 52.4 Å². The topological polar surface area (TPSA) is 74.8 Å². The molecule has 0 aromatic carbocycles. The maximum absolute atomic E-state index is 12.6. The Balaban J connectivity index is 1.58. The number of aromatic amines is 1. The number of piperidine rings is 1. The third-order valence-corrected chi connectivity index (χ3v) is 5.32. The number of hydrogen-bond acceptors (Lipinski definition) is 5. The number of thiophene rings is 1. The Morgan fingerprint density at radius 1 is 1.40 bits per heavy atom.